The van der Waals surface area contributed by atoms with Crippen LogP contribution in [0.3, 0.4) is 0 Å². The van der Waals surface area contributed by atoms with Gasteiger partial charge in [-0.2, -0.15) is 0 Å². The van der Waals surface area contributed by atoms with Crippen LogP contribution in [0.4, 0.5) is 0 Å². The fourth-order valence-corrected chi connectivity index (χ4v) is 1.93. The lowest BCUT2D eigenvalue weighted by atomic mass is 9.65. The Morgan fingerprint density at radius 1 is 1.33 bits per heavy atom. The molecule has 9 heavy (non-hydrogen) atoms. The number of hydrogen-bond acceptors (Lipinski definition) is 0. The van der Waals surface area contributed by atoms with Crippen LogP contribution in [0.15, 0.2) is 0 Å². The normalized spacial score (nSPS) is 42.3. The molecule has 54 valence electrons. The maximum atomic E-state index is 2.40. The minimum absolute atomic E-state index is 1.02. The minimum Gasteiger partial charge on any atom is -0.0654 e. The first kappa shape index (κ1) is 7.11. The van der Waals surface area contributed by atoms with E-state index in [9.17, 15) is 0 Å². The third-order valence-electron chi connectivity index (χ3n) is 2.98. The number of rotatable bonds is 2. The van der Waals surface area contributed by atoms with Crippen molar-refractivity contribution in [1.29, 1.82) is 0 Å². The van der Waals surface area contributed by atoms with Crippen LogP contribution in [-0.2, 0) is 0 Å². The van der Waals surface area contributed by atoms with E-state index < -0.39 is 0 Å². The average molecular weight is 126 g/mol. The molecule has 0 aromatic rings. The molecule has 0 aromatic heterocycles. The predicted molar refractivity (Wildman–Crippen MR) is 41.3 cm³/mol. The Hall–Kier alpha value is 0. The molecule has 0 nitrogen and oxygen atoms in total. The van der Waals surface area contributed by atoms with E-state index in [4.69, 9.17) is 0 Å². The van der Waals surface area contributed by atoms with E-state index >= 15 is 0 Å². The summed E-state index contributed by atoms with van der Waals surface area (Å²) in [6.45, 7) is 7.06. The molecule has 1 aliphatic rings. The fraction of sp³-hybridized carbons (Fsp3) is 1.00. The van der Waals surface area contributed by atoms with Crippen LogP contribution in [0, 0.1) is 17.8 Å². The molecular formula is C9H18. The Labute approximate surface area is 58.7 Å². The molecule has 1 rings (SSSR count). The van der Waals surface area contributed by atoms with E-state index in [1.807, 2.05) is 0 Å². The summed E-state index contributed by atoms with van der Waals surface area (Å²) in [5.41, 5.74) is 0. The first-order valence-corrected chi connectivity index (χ1v) is 4.25. The Morgan fingerprint density at radius 3 is 2.33 bits per heavy atom. The third-order valence-corrected chi connectivity index (χ3v) is 2.98. The van der Waals surface area contributed by atoms with E-state index in [0.29, 0.717) is 0 Å². The largest absolute Gasteiger partial charge is 0.0654 e. The van der Waals surface area contributed by atoms with Gasteiger partial charge in [0.2, 0.25) is 0 Å². The maximum absolute atomic E-state index is 2.40. The van der Waals surface area contributed by atoms with Crippen LogP contribution < -0.4 is 0 Å². The van der Waals surface area contributed by atoms with Crippen molar-refractivity contribution in [2.45, 2.75) is 40.0 Å². The second-order valence-electron chi connectivity index (χ2n) is 3.62. The zero-order chi connectivity index (χ0) is 6.85. The topological polar surface area (TPSA) is 0 Å². The van der Waals surface area contributed by atoms with Gasteiger partial charge in [-0.25, -0.2) is 0 Å². The Bertz CT molecular complexity index is 84.0. The summed E-state index contributed by atoms with van der Waals surface area (Å²) < 4.78 is 0. The van der Waals surface area contributed by atoms with Crippen LogP contribution >= 0.6 is 0 Å². The number of hydrogen-bond donors (Lipinski definition) is 0. The van der Waals surface area contributed by atoms with Gasteiger partial charge in [0.1, 0.15) is 0 Å². The van der Waals surface area contributed by atoms with Gasteiger partial charge in [-0.15, -0.1) is 0 Å². The van der Waals surface area contributed by atoms with Gasteiger partial charge in [0.05, 0.1) is 0 Å². The van der Waals surface area contributed by atoms with Gasteiger partial charge in [0.25, 0.3) is 0 Å². The van der Waals surface area contributed by atoms with E-state index in [-0.39, 0.29) is 0 Å². The molecule has 0 amide bonds. The second kappa shape index (κ2) is 2.72. The molecule has 0 aliphatic heterocycles. The summed E-state index contributed by atoms with van der Waals surface area (Å²) in [6.07, 6.45) is 4.34. The van der Waals surface area contributed by atoms with Crippen LogP contribution in [0.1, 0.15) is 40.0 Å². The summed E-state index contributed by atoms with van der Waals surface area (Å²) in [5, 5.41) is 0. The fourth-order valence-electron chi connectivity index (χ4n) is 1.93. The van der Waals surface area contributed by atoms with Gasteiger partial charge in [0.15, 0.2) is 0 Å². The van der Waals surface area contributed by atoms with Crippen molar-refractivity contribution in [3.8, 4) is 0 Å². The summed E-state index contributed by atoms with van der Waals surface area (Å²) in [5.74, 6) is 3.11. The molecule has 0 heterocycles. The van der Waals surface area contributed by atoms with E-state index in [2.05, 4.69) is 20.8 Å². The molecule has 0 N–H and O–H groups in total. The van der Waals surface area contributed by atoms with Crippen LogP contribution in [0.25, 0.3) is 0 Å². The van der Waals surface area contributed by atoms with Crippen molar-refractivity contribution in [3.05, 3.63) is 0 Å². The van der Waals surface area contributed by atoms with Gasteiger partial charge in [-0.05, 0) is 24.2 Å². The van der Waals surface area contributed by atoms with Crippen molar-refractivity contribution < 1.29 is 0 Å². The highest BCUT2D eigenvalue weighted by atomic mass is 14.4. The molecule has 0 saturated heterocycles. The van der Waals surface area contributed by atoms with Crippen molar-refractivity contribution in [2.75, 3.05) is 0 Å². The Balaban J connectivity index is 2.17. The summed E-state index contributed by atoms with van der Waals surface area (Å²) in [7, 11) is 0. The van der Waals surface area contributed by atoms with Gasteiger partial charge < -0.3 is 0 Å². The highest BCUT2D eigenvalue weighted by Gasteiger charge is 2.32. The lowest BCUT2D eigenvalue weighted by Gasteiger charge is -2.40. The molecule has 1 aliphatic carbocycles. The third kappa shape index (κ3) is 1.28. The second-order valence-corrected chi connectivity index (χ2v) is 3.62. The average Bonchev–Trinajstić information content (AvgIpc) is 1.88. The van der Waals surface area contributed by atoms with Gasteiger partial charge in [0, 0.05) is 0 Å². The van der Waals surface area contributed by atoms with Gasteiger partial charge in [-0.3, -0.25) is 0 Å². The monoisotopic (exact) mass is 126 g/mol. The zero-order valence-corrected chi connectivity index (χ0v) is 6.85. The van der Waals surface area contributed by atoms with E-state index in [1.165, 1.54) is 19.3 Å². The molecule has 3 atom stereocenters. The first-order chi connectivity index (χ1) is 4.25. The molecule has 0 bridgehead atoms. The quantitative estimate of drug-likeness (QED) is 0.533. The SMILES string of the molecule is CCCC1CC(C)C1C. The minimum atomic E-state index is 1.02. The Morgan fingerprint density at radius 2 is 2.00 bits per heavy atom. The predicted octanol–water partition coefficient (Wildman–Crippen LogP) is 3.08. The highest BCUT2D eigenvalue weighted by Crippen LogP contribution is 2.42. The molecule has 0 aromatic carbocycles. The molecule has 0 heteroatoms. The van der Waals surface area contributed by atoms with Crippen LogP contribution in [0.2, 0.25) is 0 Å². The van der Waals surface area contributed by atoms with E-state index in [0.717, 1.165) is 17.8 Å². The van der Waals surface area contributed by atoms with Crippen LogP contribution in [0.5, 0.6) is 0 Å². The van der Waals surface area contributed by atoms with Crippen molar-refractivity contribution in [3.63, 3.8) is 0 Å². The van der Waals surface area contributed by atoms with Crippen molar-refractivity contribution in [2.24, 2.45) is 17.8 Å². The molecule has 0 radical (unpaired) electrons. The molecule has 0 spiro atoms. The first-order valence-electron chi connectivity index (χ1n) is 4.25. The molecular weight excluding hydrogens is 108 g/mol. The zero-order valence-electron chi connectivity index (χ0n) is 6.85. The molecule has 3 unspecified atom stereocenters. The van der Waals surface area contributed by atoms with Gasteiger partial charge >= 0.3 is 0 Å². The highest BCUT2D eigenvalue weighted by molar-refractivity contribution is 4.82. The lowest BCUT2D eigenvalue weighted by Crippen LogP contribution is -2.32. The molecule has 1 fully saturated rings. The van der Waals surface area contributed by atoms with E-state index in [1.54, 1.807) is 0 Å². The van der Waals surface area contributed by atoms with Crippen LogP contribution in [-0.4, -0.2) is 0 Å². The summed E-state index contributed by atoms with van der Waals surface area (Å²) >= 11 is 0. The van der Waals surface area contributed by atoms with Crippen molar-refractivity contribution >= 4 is 0 Å². The van der Waals surface area contributed by atoms with Crippen molar-refractivity contribution in [1.82, 2.24) is 0 Å². The summed E-state index contributed by atoms with van der Waals surface area (Å²) in [4.78, 5) is 0. The Kier molecular flexibility index (Phi) is 2.15. The standard InChI is InChI=1S/C9H18/c1-4-5-9-6-7(2)8(9)3/h7-9H,4-6H2,1-3H3. The smallest absolute Gasteiger partial charge is 0.0383 e. The summed E-state index contributed by atoms with van der Waals surface area (Å²) in [6, 6.07) is 0. The van der Waals surface area contributed by atoms with Gasteiger partial charge in [-0.1, -0.05) is 33.6 Å². The molecule has 1 saturated carbocycles. The lowest BCUT2D eigenvalue weighted by molar-refractivity contribution is 0.0945. The maximum Gasteiger partial charge on any atom is -0.0383 e.